The molecular weight excluding hydrogens is 932 g/mol. The first-order chi connectivity index (χ1) is 37.8. The largest absolute Gasteiger partial charge is 0.311 e. The van der Waals surface area contributed by atoms with Crippen molar-refractivity contribution in [2.24, 2.45) is 0 Å². The molecule has 77 heavy (non-hydrogen) atoms. The van der Waals surface area contributed by atoms with Crippen molar-refractivity contribution >= 4 is 91.3 Å². The quantitative estimate of drug-likeness (QED) is 0.154. The van der Waals surface area contributed by atoms with Gasteiger partial charge in [0.2, 0.25) is 0 Å². The standard InChI is InChI=1S/C72H55BN4/c1-71(2)56-34-17-19-38-62(56)76(52-28-13-7-14-29-52)69-54(32-21-36-58(69)71)48-42-44-60-66(46-48)74(50-24-9-5-10-25-50)64-40-23-41-65-68(64)73(60)61-45-43-49(47-67(61)75(65)51-26-11-6-12-27-51)55-33-22-37-59-70(55)77(53-30-15-8-16-31-53)63-39-20-18-35-57(63)72(59,3)4/h5-47H,1-4H3. The molecule has 4 aliphatic rings. The van der Waals surface area contributed by atoms with Crippen LogP contribution in [-0.4, -0.2) is 6.71 Å². The SMILES string of the molecule is CC1(C)c2ccccc2N(c2ccccc2)c2c(-c3ccc4c(c3)N(c3ccccc3)c3cccc5c3B4c3ccc(-c4cccc6c4N(c4ccccc4)c4ccccc4C6(C)C)cc3N5c3ccccc3)cccc21. The minimum absolute atomic E-state index is 0.0538. The van der Waals surface area contributed by atoms with Gasteiger partial charge in [-0.05, 0) is 135 Å². The maximum absolute atomic E-state index is 2.52. The number of nitrogens with zero attached hydrogens (tertiary/aromatic N) is 4. The molecule has 0 amide bonds. The normalized spacial score (nSPS) is 14.8. The van der Waals surface area contributed by atoms with Crippen LogP contribution in [0.1, 0.15) is 49.9 Å². The average Bonchev–Trinajstić information content (AvgIpc) is 3.66. The van der Waals surface area contributed by atoms with E-state index in [2.05, 4.69) is 308 Å². The van der Waals surface area contributed by atoms with Crippen molar-refractivity contribution in [3.8, 4) is 22.3 Å². The molecule has 0 saturated carbocycles. The van der Waals surface area contributed by atoms with Gasteiger partial charge >= 0.3 is 0 Å². The van der Waals surface area contributed by atoms with Gasteiger partial charge in [-0.2, -0.15) is 0 Å². The highest BCUT2D eigenvalue weighted by Gasteiger charge is 2.45. The highest BCUT2D eigenvalue weighted by atomic mass is 15.2. The van der Waals surface area contributed by atoms with Gasteiger partial charge < -0.3 is 19.6 Å². The predicted octanol–water partition coefficient (Wildman–Crippen LogP) is 17.3. The lowest BCUT2D eigenvalue weighted by Gasteiger charge is -2.45. The number of hydrogen-bond acceptors (Lipinski definition) is 4. The monoisotopic (exact) mass is 986 g/mol. The van der Waals surface area contributed by atoms with Crippen molar-refractivity contribution in [1.29, 1.82) is 0 Å². The van der Waals surface area contributed by atoms with Gasteiger partial charge in [0.05, 0.1) is 22.7 Å². The van der Waals surface area contributed by atoms with Gasteiger partial charge in [0, 0.05) is 67.5 Å². The van der Waals surface area contributed by atoms with Gasteiger partial charge in [0.1, 0.15) is 0 Å². The van der Waals surface area contributed by atoms with Crippen molar-refractivity contribution < 1.29 is 0 Å². The van der Waals surface area contributed by atoms with E-state index in [4.69, 9.17) is 0 Å². The Morgan fingerprint density at radius 1 is 0.273 bits per heavy atom. The second-order valence-corrected chi connectivity index (χ2v) is 22.1. The van der Waals surface area contributed by atoms with Crippen LogP contribution in [0.15, 0.2) is 261 Å². The van der Waals surface area contributed by atoms with Crippen LogP contribution >= 0.6 is 0 Å². The fourth-order valence-electron chi connectivity index (χ4n) is 13.6. The van der Waals surface area contributed by atoms with E-state index in [0.29, 0.717) is 0 Å². The Kier molecular flexibility index (Phi) is 10.0. The summed E-state index contributed by atoms with van der Waals surface area (Å²) < 4.78 is 0. The Hall–Kier alpha value is -9.32. The molecule has 5 heteroatoms. The van der Waals surface area contributed by atoms with E-state index in [9.17, 15) is 0 Å². The predicted molar refractivity (Wildman–Crippen MR) is 325 cm³/mol. The maximum atomic E-state index is 2.52. The highest BCUT2D eigenvalue weighted by Crippen LogP contribution is 2.57. The summed E-state index contributed by atoms with van der Waals surface area (Å²) in [5.74, 6) is 0. The molecule has 0 fully saturated rings. The summed E-state index contributed by atoms with van der Waals surface area (Å²) in [6, 6.07) is 97.1. The van der Waals surface area contributed by atoms with Gasteiger partial charge in [-0.1, -0.05) is 204 Å². The van der Waals surface area contributed by atoms with Crippen LogP contribution in [0.4, 0.5) is 68.2 Å². The Balaban J connectivity index is 0.963. The third-order valence-electron chi connectivity index (χ3n) is 17.2. The maximum Gasteiger partial charge on any atom is 0.252 e. The van der Waals surface area contributed by atoms with Gasteiger partial charge in [-0.25, -0.2) is 0 Å². The van der Waals surface area contributed by atoms with E-state index >= 15 is 0 Å². The lowest BCUT2D eigenvalue weighted by molar-refractivity contribution is 0.632. The molecule has 0 aliphatic carbocycles. The second kappa shape index (κ2) is 17.1. The molecule has 0 atom stereocenters. The van der Waals surface area contributed by atoms with Crippen molar-refractivity contribution in [2.75, 3.05) is 19.6 Å². The van der Waals surface area contributed by atoms with Crippen molar-refractivity contribution in [1.82, 2.24) is 0 Å². The molecule has 0 N–H and O–H groups in total. The zero-order chi connectivity index (χ0) is 51.6. The van der Waals surface area contributed by atoms with Gasteiger partial charge in [0.25, 0.3) is 6.71 Å². The molecule has 0 saturated heterocycles. The zero-order valence-electron chi connectivity index (χ0n) is 43.7. The first-order valence-electron chi connectivity index (χ1n) is 27.1. The number of hydrogen-bond donors (Lipinski definition) is 0. The third kappa shape index (κ3) is 6.66. The van der Waals surface area contributed by atoms with Crippen LogP contribution in [-0.2, 0) is 10.8 Å². The van der Waals surface area contributed by atoms with E-state index in [1.807, 2.05) is 0 Å². The summed E-state index contributed by atoms with van der Waals surface area (Å²) in [6.07, 6.45) is 0. The third-order valence-corrected chi connectivity index (χ3v) is 17.2. The van der Waals surface area contributed by atoms with Crippen molar-refractivity contribution in [3.63, 3.8) is 0 Å². The summed E-state index contributed by atoms with van der Waals surface area (Å²) in [5, 5.41) is 0. The Labute approximate surface area is 452 Å². The molecule has 11 aromatic rings. The average molecular weight is 987 g/mol. The minimum atomic E-state index is -0.234. The Morgan fingerprint density at radius 3 is 1.00 bits per heavy atom. The molecule has 0 radical (unpaired) electrons. The molecule has 0 bridgehead atoms. The van der Waals surface area contributed by atoms with Crippen LogP contribution in [0.25, 0.3) is 22.3 Å². The smallest absolute Gasteiger partial charge is 0.252 e. The molecule has 15 rings (SSSR count). The molecule has 11 aromatic carbocycles. The molecule has 0 aromatic heterocycles. The van der Waals surface area contributed by atoms with E-state index in [1.165, 1.54) is 106 Å². The molecule has 366 valence electrons. The van der Waals surface area contributed by atoms with Crippen LogP contribution in [0.3, 0.4) is 0 Å². The summed E-state index contributed by atoms with van der Waals surface area (Å²) >= 11 is 0. The van der Waals surface area contributed by atoms with Gasteiger partial charge in [0.15, 0.2) is 0 Å². The van der Waals surface area contributed by atoms with Crippen molar-refractivity contribution in [3.05, 3.63) is 283 Å². The first kappa shape index (κ1) is 45.1. The van der Waals surface area contributed by atoms with E-state index in [1.54, 1.807) is 0 Å². The van der Waals surface area contributed by atoms with Crippen LogP contribution in [0.5, 0.6) is 0 Å². The minimum Gasteiger partial charge on any atom is -0.311 e. The number of benzene rings is 11. The lowest BCUT2D eigenvalue weighted by Crippen LogP contribution is -2.61. The van der Waals surface area contributed by atoms with Crippen LogP contribution in [0, 0.1) is 0 Å². The number of fused-ring (bicyclic) bond motifs is 8. The van der Waals surface area contributed by atoms with Crippen LogP contribution in [0.2, 0.25) is 0 Å². The van der Waals surface area contributed by atoms with E-state index < -0.39 is 0 Å². The molecule has 4 aliphatic heterocycles. The van der Waals surface area contributed by atoms with Gasteiger partial charge in [-0.3, -0.25) is 0 Å². The highest BCUT2D eigenvalue weighted by molar-refractivity contribution is 7.00. The summed E-state index contributed by atoms with van der Waals surface area (Å²) in [6.45, 7) is 9.47. The number of para-hydroxylation sites is 8. The second-order valence-electron chi connectivity index (χ2n) is 22.1. The number of anilines is 12. The van der Waals surface area contributed by atoms with E-state index in [0.717, 1.165) is 22.7 Å². The summed E-state index contributed by atoms with van der Waals surface area (Å²) in [4.78, 5) is 10.0. The van der Waals surface area contributed by atoms with Crippen molar-refractivity contribution in [2.45, 2.75) is 38.5 Å². The van der Waals surface area contributed by atoms with E-state index in [-0.39, 0.29) is 17.5 Å². The lowest BCUT2D eigenvalue weighted by atomic mass is 9.33. The molecule has 0 unspecified atom stereocenters. The Morgan fingerprint density at radius 2 is 0.597 bits per heavy atom. The van der Waals surface area contributed by atoms with Crippen LogP contribution < -0.4 is 36.0 Å². The fraction of sp³-hybridized carbons (Fsp3) is 0.0833. The molecule has 4 heterocycles. The topological polar surface area (TPSA) is 13.0 Å². The first-order valence-corrected chi connectivity index (χ1v) is 27.1. The fourth-order valence-corrected chi connectivity index (χ4v) is 13.6. The molecule has 0 spiro atoms. The Bertz CT molecular complexity index is 3870. The summed E-state index contributed by atoms with van der Waals surface area (Å²) in [5.41, 5.74) is 27.6. The molecular formula is C72H55BN4. The van der Waals surface area contributed by atoms with Gasteiger partial charge in [-0.15, -0.1) is 0 Å². The summed E-state index contributed by atoms with van der Waals surface area (Å²) in [7, 11) is 0. The zero-order valence-corrected chi connectivity index (χ0v) is 43.7. The number of rotatable bonds is 6. The molecule has 4 nitrogen and oxygen atoms in total.